The summed E-state index contributed by atoms with van der Waals surface area (Å²) >= 11 is 3.43. The summed E-state index contributed by atoms with van der Waals surface area (Å²) in [5.74, 6) is 0. The van der Waals surface area contributed by atoms with E-state index in [1.807, 2.05) is 25.1 Å². The second-order valence-corrected chi connectivity index (χ2v) is 5.43. The zero-order valence-corrected chi connectivity index (χ0v) is 13.0. The zero-order chi connectivity index (χ0) is 14.1. The van der Waals surface area contributed by atoms with E-state index < -0.39 is 6.10 Å². The van der Waals surface area contributed by atoms with Gasteiger partial charge in [0.15, 0.2) is 0 Å². The van der Waals surface area contributed by atoms with Crippen LogP contribution in [0.15, 0.2) is 28.7 Å². The van der Waals surface area contributed by atoms with Gasteiger partial charge in [-0.1, -0.05) is 28.1 Å². The number of hydrogen-bond acceptors (Lipinski definition) is 4. The van der Waals surface area contributed by atoms with Gasteiger partial charge in [-0.2, -0.15) is 0 Å². The minimum atomic E-state index is -0.508. The van der Waals surface area contributed by atoms with E-state index >= 15 is 0 Å². The number of nitrogens with one attached hydrogen (secondary N) is 1. The number of methoxy groups -OCH3 is 1. The second kappa shape index (κ2) is 9.44. The number of halogens is 1. The number of ether oxygens (including phenoxy) is 2. The van der Waals surface area contributed by atoms with E-state index in [1.165, 1.54) is 5.56 Å². The van der Waals surface area contributed by atoms with Crippen molar-refractivity contribution < 1.29 is 14.6 Å². The first-order chi connectivity index (χ1) is 9.11. The lowest BCUT2D eigenvalue weighted by Crippen LogP contribution is -2.32. The SMILES string of the molecule is COCC(C)OCC(O)CNCc1cccc(Br)c1. The summed E-state index contributed by atoms with van der Waals surface area (Å²) in [4.78, 5) is 0. The van der Waals surface area contributed by atoms with Gasteiger partial charge in [-0.15, -0.1) is 0 Å². The first-order valence-corrected chi connectivity index (χ1v) is 7.15. The quantitative estimate of drug-likeness (QED) is 0.726. The topological polar surface area (TPSA) is 50.7 Å². The van der Waals surface area contributed by atoms with Crippen LogP contribution in [0.2, 0.25) is 0 Å². The van der Waals surface area contributed by atoms with Crippen molar-refractivity contribution in [1.29, 1.82) is 0 Å². The first kappa shape index (κ1) is 16.6. The molecule has 0 saturated carbocycles. The molecule has 0 aromatic heterocycles. The lowest BCUT2D eigenvalue weighted by molar-refractivity contribution is -0.0311. The summed E-state index contributed by atoms with van der Waals surface area (Å²) in [5, 5.41) is 13.0. The molecule has 0 aliphatic heterocycles. The Morgan fingerprint density at radius 2 is 2.16 bits per heavy atom. The van der Waals surface area contributed by atoms with Gasteiger partial charge in [0.05, 0.1) is 25.4 Å². The minimum Gasteiger partial charge on any atom is -0.389 e. The van der Waals surface area contributed by atoms with Crippen LogP contribution in [0, 0.1) is 0 Å². The molecule has 2 N–H and O–H groups in total. The lowest BCUT2D eigenvalue weighted by atomic mass is 10.2. The molecule has 0 fully saturated rings. The van der Waals surface area contributed by atoms with Gasteiger partial charge in [-0.3, -0.25) is 0 Å². The van der Waals surface area contributed by atoms with Crippen LogP contribution in [-0.4, -0.2) is 44.2 Å². The molecule has 0 amide bonds. The fraction of sp³-hybridized carbons (Fsp3) is 0.571. The van der Waals surface area contributed by atoms with Crippen molar-refractivity contribution in [3.63, 3.8) is 0 Å². The molecule has 0 bridgehead atoms. The predicted molar refractivity (Wildman–Crippen MR) is 79.1 cm³/mol. The van der Waals surface area contributed by atoms with Crippen molar-refractivity contribution in [2.75, 3.05) is 26.9 Å². The number of hydrogen-bond donors (Lipinski definition) is 2. The van der Waals surface area contributed by atoms with Gasteiger partial charge in [-0.05, 0) is 24.6 Å². The number of benzene rings is 1. The molecule has 0 saturated heterocycles. The van der Waals surface area contributed by atoms with Gasteiger partial charge < -0.3 is 19.9 Å². The average Bonchev–Trinajstić information content (AvgIpc) is 2.37. The molecule has 5 heteroatoms. The molecule has 1 rings (SSSR count). The molecule has 0 radical (unpaired) electrons. The predicted octanol–water partition coefficient (Wildman–Crippen LogP) is 1.95. The summed E-state index contributed by atoms with van der Waals surface area (Å²) in [6.45, 7) is 4.01. The summed E-state index contributed by atoms with van der Waals surface area (Å²) in [6, 6.07) is 8.08. The summed E-state index contributed by atoms with van der Waals surface area (Å²) in [6.07, 6.45) is -0.504. The van der Waals surface area contributed by atoms with Crippen molar-refractivity contribution >= 4 is 15.9 Å². The van der Waals surface area contributed by atoms with Crippen LogP contribution < -0.4 is 5.32 Å². The second-order valence-electron chi connectivity index (χ2n) is 4.51. The molecule has 1 aromatic carbocycles. The number of rotatable bonds is 9. The van der Waals surface area contributed by atoms with Gasteiger partial charge in [0.2, 0.25) is 0 Å². The van der Waals surface area contributed by atoms with E-state index in [0.717, 1.165) is 11.0 Å². The van der Waals surface area contributed by atoms with Crippen LogP contribution >= 0.6 is 15.9 Å². The molecule has 0 spiro atoms. The van der Waals surface area contributed by atoms with Gasteiger partial charge in [0.25, 0.3) is 0 Å². The maximum atomic E-state index is 9.76. The van der Waals surface area contributed by atoms with Crippen molar-refractivity contribution in [1.82, 2.24) is 5.32 Å². The largest absolute Gasteiger partial charge is 0.389 e. The lowest BCUT2D eigenvalue weighted by Gasteiger charge is -2.16. The van der Waals surface area contributed by atoms with Crippen LogP contribution in [0.25, 0.3) is 0 Å². The minimum absolute atomic E-state index is 0.00438. The standard InChI is InChI=1S/C14H22BrNO3/c1-11(9-18-2)19-10-14(17)8-16-7-12-4-3-5-13(15)6-12/h3-6,11,14,16-17H,7-10H2,1-2H3. The molecule has 108 valence electrons. The Hall–Kier alpha value is -0.460. The number of aliphatic hydroxyl groups is 1. The van der Waals surface area contributed by atoms with Crippen LogP contribution in [0.3, 0.4) is 0 Å². The van der Waals surface area contributed by atoms with Crippen LogP contribution in [0.5, 0.6) is 0 Å². The summed E-state index contributed by atoms with van der Waals surface area (Å²) < 4.78 is 11.5. The highest BCUT2D eigenvalue weighted by molar-refractivity contribution is 9.10. The number of aliphatic hydroxyl groups excluding tert-OH is 1. The maximum Gasteiger partial charge on any atom is 0.0897 e. The Morgan fingerprint density at radius 3 is 2.84 bits per heavy atom. The summed E-state index contributed by atoms with van der Waals surface area (Å²) in [7, 11) is 1.63. The Bertz CT molecular complexity index is 362. The zero-order valence-electron chi connectivity index (χ0n) is 11.4. The Kier molecular flexibility index (Phi) is 8.25. The van der Waals surface area contributed by atoms with Crippen molar-refractivity contribution in [2.24, 2.45) is 0 Å². The molecule has 4 nitrogen and oxygen atoms in total. The van der Waals surface area contributed by atoms with Gasteiger partial charge in [0.1, 0.15) is 0 Å². The normalized spacial score (nSPS) is 14.3. The first-order valence-electron chi connectivity index (χ1n) is 6.35. The highest BCUT2D eigenvalue weighted by Gasteiger charge is 2.07. The van der Waals surface area contributed by atoms with Gasteiger partial charge in [-0.25, -0.2) is 0 Å². The molecule has 19 heavy (non-hydrogen) atoms. The third kappa shape index (κ3) is 7.64. The smallest absolute Gasteiger partial charge is 0.0897 e. The summed E-state index contributed by atoms with van der Waals surface area (Å²) in [5.41, 5.74) is 1.18. The molecule has 0 aliphatic carbocycles. The van der Waals surface area contributed by atoms with E-state index in [1.54, 1.807) is 7.11 Å². The highest BCUT2D eigenvalue weighted by atomic mass is 79.9. The van der Waals surface area contributed by atoms with Crippen LogP contribution in [0.1, 0.15) is 12.5 Å². The molecular weight excluding hydrogens is 310 g/mol. The third-order valence-electron chi connectivity index (χ3n) is 2.57. The molecule has 0 heterocycles. The third-order valence-corrected chi connectivity index (χ3v) is 3.07. The van der Waals surface area contributed by atoms with Crippen molar-refractivity contribution in [3.05, 3.63) is 34.3 Å². The fourth-order valence-electron chi connectivity index (χ4n) is 1.65. The monoisotopic (exact) mass is 331 g/mol. The maximum absolute atomic E-state index is 9.76. The van der Waals surface area contributed by atoms with Crippen molar-refractivity contribution in [3.8, 4) is 0 Å². The van der Waals surface area contributed by atoms with Gasteiger partial charge in [0, 0.05) is 24.7 Å². The van der Waals surface area contributed by atoms with E-state index in [4.69, 9.17) is 9.47 Å². The van der Waals surface area contributed by atoms with E-state index in [-0.39, 0.29) is 6.10 Å². The molecule has 1 aromatic rings. The molecule has 2 atom stereocenters. The van der Waals surface area contributed by atoms with E-state index in [2.05, 4.69) is 27.3 Å². The average molecular weight is 332 g/mol. The Labute approximate surface area is 123 Å². The van der Waals surface area contributed by atoms with E-state index in [0.29, 0.717) is 19.8 Å². The molecular formula is C14H22BrNO3. The molecule has 0 aliphatic rings. The van der Waals surface area contributed by atoms with Crippen molar-refractivity contribution in [2.45, 2.75) is 25.7 Å². The highest BCUT2D eigenvalue weighted by Crippen LogP contribution is 2.11. The Morgan fingerprint density at radius 1 is 1.37 bits per heavy atom. The Balaban J connectivity index is 2.15. The fourth-order valence-corrected chi connectivity index (χ4v) is 2.09. The van der Waals surface area contributed by atoms with E-state index in [9.17, 15) is 5.11 Å². The molecule has 2 unspecified atom stereocenters. The van der Waals surface area contributed by atoms with Crippen LogP contribution in [-0.2, 0) is 16.0 Å². The van der Waals surface area contributed by atoms with Gasteiger partial charge >= 0.3 is 0 Å². The van der Waals surface area contributed by atoms with Crippen LogP contribution in [0.4, 0.5) is 0 Å².